The quantitative estimate of drug-likeness (QED) is 0.592. The lowest BCUT2D eigenvalue weighted by molar-refractivity contribution is -0.384. The number of nitrogens with zero attached hydrogens (tertiary/aromatic N) is 1. The molecule has 1 aromatic rings. The third kappa shape index (κ3) is 3.15. The fourth-order valence-electron chi connectivity index (χ4n) is 2.54. The van der Waals surface area contributed by atoms with Crippen molar-refractivity contribution in [2.75, 3.05) is 0 Å². The van der Waals surface area contributed by atoms with Crippen LogP contribution in [0.25, 0.3) is 0 Å². The molecule has 1 aliphatic rings. The Labute approximate surface area is 106 Å². The predicted molar refractivity (Wildman–Crippen MR) is 68.4 cm³/mol. The number of hydrogen-bond donors (Lipinski definition) is 0. The minimum atomic E-state index is -0.401. The van der Waals surface area contributed by atoms with Gasteiger partial charge in [-0.25, -0.2) is 0 Å². The van der Waals surface area contributed by atoms with Crippen LogP contribution in [-0.4, -0.2) is 10.7 Å². The van der Waals surface area contributed by atoms with Crippen molar-refractivity contribution in [3.8, 4) is 0 Å². The van der Waals surface area contributed by atoms with Crippen molar-refractivity contribution in [1.82, 2.24) is 0 Å². The maximum Gasteiger partial charge on any atom is 0.269 e. The molecule has 1 aliphatic carbocycles. The highest BCUT2D eigenvalue weighted by Gasteiger charge is 2.22. The minimum Gasteiger partial charge on any atom is -0.299 e. The van der Waals surface area contributed by atoms with Crippen molar-refractivity contribution in [1.29, 1.82) is 0 Å². The molecule has 0 saturated heterocycles. The van der Waals surface area contributed by atoms with E-state index >= 15 is 0 Å². The largest absolute Gasteiger partial charge is 0.299 e. The highest BCUT2D eigenvalue weighted by Crippen LogP contribution is 2.27. The van der Waals surface area contributed by atoms with Gasteiger partial charge in [0, 0.05) is 24.5 Å². The summed E-state index contributed by atoms with van der Waals surface area (Å²) in [5.74, 6) is 0.558. The van der Waals surface area contributed by atoms with Crippen molar-refractivity contribution in [2.45, 2.75) is 38.5 Å². The number of hydrogen-bond acceptors (Lipinski definition) is 3. The summed E-state index contributed by atoms with van der Waals surface area (Å²) in [4.78, 5) is 22.1. The number of nitro benzene ring substituents is 1. The van der Waals surface area contributed by atoms with Crippen molar-refractivity contribution in [3.05, 3.63) is 39.9 Å². The van der Waals surface area contributed by atoms with Gasteiger partial charge in [-0.3, -0.25) is 14.9 Å². The van der Waals surface area contributed by atoms with Crippen LogP contribution in [0.5, 0.6) is 0 Å². The number of aryl methyl sites for hydroxylation is 1. The van der Waals surface area contributed by atoms with Gasteiger partial charge in [0.2, 0.25) is 0 Å². The first-order valence-corrected chi connectivity index (χ1v) is 6.43. The van der Waals surface area contributed by atoms with Gasteiger partial charge in [0.1, 0.15) is 5.78 Å². The van der Waals surface area contributed by atoms with Gasteiger partial charge in [0.25, 0.3) is 5.69 Å². The molecule has 0 heterocycles. The molecule has 0 atom stereocenters. The van der Waals surface area contributed by atoms with E-state index in [2.05, 4.69) is 0 Å². The maximum absolute atomic E-state index is 11.9. The first-order valence-electron chi connectivity index (χ1n) is 6.43. The van der Waals surface area contributed by atoms with E-state index in [0.29, 0.717) is 18.6 Å². The van der Waals surface area contributed by atoms with E-state index < -0.39 is 4.92 Å². The number of carbonyl (C=O) groups excluding carboxylic acids is 1. The molecule has 4 heteroatoms. The smallest absolute Gasteiger partial charge is 0.269 e. The fourth-order valence-corrected chi connectivity index (χ4v) is 2.54. The number of rotatable bonds is 5. The molecule has 0 amide bonds. The van der Waals surface area contributed by atoms with Gasteiger partial charge in [-0.1, -0.05) is 25.0 Å². The van der Waals surface area contributed by atoms with Crippen LogP contribution in [0, 0.1) is 16.0 Å². The Hall–Kier alpha value is -1.71. The standard InChI is InChI=1S/C14H17NO3/c16-14(12-5-1-2-6-12)9-8-11-4-3-7-13(10-11)15(17)18/h3-4,7,10,12H,1-2,5-6,8-9H2. The second kappa shape index (κ2) is 5.76. The molecule has 0 radical (unpaired) electrons. The normalized spacial score (nSPS) is 15.8. The maximum atomic E-state index is 11.9. The molecule has 0 aromatic heterocycles. The molecule has 96 valence electrons. The number of ketones is 1. The molecule has 1 aromatic carbocycles. The van der Waals surface area contributed by atoms with Crippen LogP contribution in [0.15, 0.2) is 24.3 Å². The second-order valence-electron chi connectivity index (χ2n) is 4.87. The van der Waals surface area contributed by atoms with Crippen molar-refractivity contribution in [3.63, 3.8) is 0 Å². The Morgan fingerprint density at radius 1 is 1.33 bits per heavy atom. The molecule has 2 rings (SSSR count). The minimum absolute atomic E-state index is 0.0980. The van der Waals surface area contributed by atoms with E-state index in [1.807, 2.05) is 6.07 Å². The van der Waals surface area contributed by atoms with E-state index in [1.165, 1.54) is 6.07 Å². The van der Waals surface area contributed by atoms with Crippen molar-refractivity contribution in [2.24, 2.45) is 5.92 Å². The summed E-state index contributed by atoms with van der Waals surface area (Å²) in [6.45, 7) is 0. The zero-order chi connectivity index (χ0) is 13.0. The molecule has 4 nitrogen and oxygen atoms in total. The summed E-state index contributed by atoms with van der Waals surface area (Å²) in [5, 5.41) is 10.6. The Kier molecular flexibility index (Phi) is 4.07. The summed E-state index contributed by atoms with van der Waals surface area (Å²) in [6.07, 6.45) is 5.48. The van der Waals surface area contributed by atoms with E-state index in [0.717, 1.165) is 31.2 Å². The third-order valence-corrected chi connectivity index (χ3v) is 3.59. The van der Waals surface area contributed by atoms with Crippen molar-refractivity contribution < 1.29 is 9.72 Å². The van der Waals surface area contributed by atoms with Crippen LogP contribution < -0.4 is 0 Å². The summed E-state index contributed by atoms with van der Waals surface area (Å²) >= 11 is 0. The highest BCUT2D eigenvalue weighted by atomic mass is 16.6. The SMILES string of the molecule is O=C(CCc1cccc([N+](=O)[O-])c1)C1CCCC1. The van der Waals surface area contributed by atoms with Gasteiger partial charge in [0.15, 0.2) is 0 Å². The molecule has 0 aliphatic heterocycles. The van der Waals surface area contributed by atoms with Gasteiger partial charge in [-0.05, 0) is 24.8 Å². The highest BCUT2D eigenvalue weighted by molar-refractivity contribution is 5.81. The Morgan fingerprint density at radius 2 is 2.06 bits per heavy atom. The number of non-ortho nitro benzene ring substituents is 1. The number of carbonyl (C=O) groups is 1. The average Bonchev–Trinajstić information content (AvgIpc) is 2.90. The van der Waals surface area contributed by atoms with E-state index in [-0.39, 0.29) is 11.6 Å². The van der Waals surface area contributed by atoms with Crippen LogP contribution in [0.4, 0.5) is 5.69 Å². The number of Topliss-reactive ketones (excluding diaryl/α,β-unsaturated/α-hetero) is 1. The molecule has 0 unspecified atom stereocenters. The zero-order valence-corrected chi connectivity index (χ0v) is 10.3. The first kappa shape index (κ1) is 12.7. The summed E-state index contributed by atoms with van der Waals surface area (Å²) in [6, 6.07) is 6.55. The molecule has 0 bridgehead atoms. The van der Waals surface area contributed by atoms with Gasteiger partial charge in [0.05, 0.1) is 4.92 Å². The molecule has 18 heavy (non-hydrogen) atoms. The third-order valence-electron chi connectivity index (χ3n) is 3.59. The van der Waals surface area contributed by atoms with E-state index in [4.69, 9.17) is 0 Å². The lowest BCUT2D eigenvalue weighted by Crippen LogP contribution is -2.11. The zero-order valence-electron chi connectivity index (χ0n) is 10.3. The Balaban J connectivity index is 1.91. The van der Waals surface area contributed by atoms with Gasteiger partial charge in [-0.2, -0.15) is 0 Å². The van der Waals surface area contributed by atoms with Crippen LogP contribution in [-0.2, 0) is 11.2 Å². The molecule has 1 fully saturated rings. The molecule has 0 N–H and O–H groups in total. The van der Waals surface area contributed by atoms with Gasteiger partial charge < -0.3 is 0 Å². The number of benzene rings is 1. The van der Waals surface area contributed by atoms with Crippen LogP contribution in [0.1, 0.15) is 37.7 Å². The van der Waals surface area contributed by atoms with E-state index in [9.17, 15) is 14.9 Å². The molecular weight excluding hydrogens is 230 g/mol. The topological polar surface area (TPSA) is 60.2 Å². The molecular formula is C14H17NO3. The first-order chi connectivity index (χ1) is 8.66. The summed E-state index contributed by atoms with van der Waals surface area (Å²) < 4.78 is 0. The second-order valence-corrected chi connectivity index (χ2v) is 4.87. The fraction of sp³-hybridized carbons (Fsp3) is 0.500. The van der Waals surface area contributed by atoms with Crippen LogP contribution in [0.3, 0.4) is 0 Å². The van der Waals surface area contributed by atoms with Crippen molar-refractivity contribution >= 4 is 11.5 Å². The summed E-state index contributed by atoms with van der Waals surface area (Å²) in [5.41, 5.74) is 0.969. The summed E-state index contributed by atoms with van der Waals surface area (Å²) in [7, 11) is 0. The Morgan fingerprint density at radius 3 is 2.72 bits per heavy atom. The van der Waals surface area contributed by atoms with Crippen LogP contribution >= 0.6 is 0 Å². The predicted octanol–water partition coefficient (Wildman–Crippen LogP) is 3.29. The molecule has 0 spiro atoms. The Bertz CT molecular complexity index is 450. The van der Waals surface area contributed by atoms with Crippen LogP contribution in [0.2, 0.25) is 0 Å². The molecule has 1 saturated carbocycles. The monoisotopic (exact) mass is 247 g/mol. The van der Waals surface area contributed by atoms with Gasteiger partial charge in [-0.15, -0.1) is 0 Å². The van der Waals surface area contributed by atoms with Gasteiger partial charge >= 0.3 is 0 Å². The number of nitro groups is 1. The van der Waals surface area contributed by atoms with E-state index in [1.54, 1.807) is 12.1 Å². The lowest BCUT2D eigenvalue weighted by Gasteiger charge is -2.07. The average molecular weight is 247 g/mol. The lowest BCUT2D eigenvalue weighted by atomic mass is 9.97.